The van der Waals surface area contributed by atoms with Gasteiger partial charge in [0.1, 0.15) is 6.61 Å². The fraction of sp³-hybridized carbons (Fsp3) is 0.105. The highest BCUT2D eigenvalue weighted by atomic mass is 35.5. The number of aromatic nitrogens is 1. The molecule has 0 fully saturated rings. The summed E-state index contributed by atoms with van der Waals surface area (Å²) in [5.74, 6) is 0.428. The van der Waals surface area contributed by atoms with Crippen LogP contribution in [0, 0.1) is 0 Å². The molecule has 1 aromatic heterocycles. The quantitative estimate of drug-likeness (QED) is 0.551. The summed E-state index contributed by atoms with van der Waals surface area (Å²) >= 11 is 12.2. The Labute approximate surface area is 163 Å². The zero-order chi connectivity index (χ0) is 19.6. The number of benzene rings is 2. The van der Waals surface area contributed by atoms with Gasteiger partial charge in [-0.2, -0.15) is 13.2 Å². The molecule has 0 radical (unpaired) electrons. The van der Waals surface area contributed by atoms with E-state index in [0.29, 0.717) is 26.7 Å². The van der Waals surface area contributed by atoms with Crippen molar-refractivity contribution in [2.75, 3.05) is 5.73 Å². The lowest BCUT2D eigenvalue weighted by molar-refractivity contribution is -0.137. The lowest BCUT2D eigenvalue weighted by Gasteiger charge is -2.12. The number of nitrogen functional groups attached to an aromatic ring is 1. The van der Waals surface area contributed by atoms with Crippen LogP contribution in [0.1, 0.15) is 11.1 Å². The third kappa shape index (κ3) is 4.46. The van der Waals surface area contributed by atoms with E-state index in [-0.39, 0.29) is 18.2 Å². The van der Waals surface area contributed by atoms with Crippen LogP contribution < -0.4 is 10.5 Å². The van der Waals surface area contributed by atoms with Crippen LogP contribution in [0.4, 0.5) is 19.0 Å². The number of anilines is 1. The highest BCUT2D eigenvalue weighted by molar-refractivity contribution is 6.35. The van der Waals surface area contributed by atoms with Gasteiger partial charge in [0.15, 0.2) is 11.6 Å². The summed E-state index contributed by atoms with van der Waals surface area (Å²) in [7, 11) is 0. The minimum Gasteiger partial charge on any atom is -0.485 e. The Morgan fingerprint density at radius 2 is 1.59 bits per heavy atom. The highest BCUT2D eigenvalue weighted by Crippen LogP contribution is 2.33. The van der Waals surface area contributed by atoms with Crippen molar-refractivity contribution in [2.45, 2.75) is 12.8 Å². The molecule has 0 amide bonds. The van der Waals surface area contributed by atoms with Crippen LogP contribution in [0.5, 0.6) is 5.75 Å². The van der Waals surface area contributed by atoms with Gasteiger partial charge in [-0.3, -0.25) is 0 Å². The summed E-state index contributed by atoms with van der Waals surface area (Å²) in [5.41, 5.74) is 6.83. The fourth-order valence-corrected chi connectivity index (χ4v) is 2.91. The van der Waals surface area contributed by atoms with Crippen LogP contribution >= 0.6 is 23.2 Å². The summed E-state index contributed by atoms with van der Waals surface area (Å²) in [6, 6.07) is 11.4. The van der Waals surface area contributed by atoms with E-state index in [4.69, 9.17) is 33.7 Å². The van der Waals surface area contributed by atoms with Crippen LogP contribution in [-0.2, 0) is 12.8 Å². The Morgan fingerprint density at radius 3 is 2.19 bits per heavy atom. The molecule has 27 heavy (non-hydrogen) atoms. The summed E-state index contributed by atoms with van der Waals surface area (Å²) in [6.45, 7) is 0.0703. The van der Waals surface area contributed by atoms with E-state index in [1.165, 1.54) is 18.3 Å². The number of alkyl halides is 3. The van der Waals surface area contributed by atoms with Gasteiger partial charge in [0.25, 0.3) is 0 Å². The predicted molar refractivity (Wildman–Crippen MR) is 99.9 cm³/mol. The Hall–Kier alpha value is -2.44. The molecular weight excluding hydrogens is 400 g/mol. The molecular formula is C19H13Cl2F3N2O. The molecule has 0 saturated carbocycles. The molecule has 140 valence electrons. The molecule has 0 saturated heterocycles. The average Bonchev–Trinajstić information content (AvgIpc) is 2.62. The minimum atomic E-state index is -4.39. The molecule has 0 bridgehead atoms. The largest absolute Gasteiger partial charge is 0.485 e. The predicted octanol–water partition coefficient (Wildman–Crippen LogP) is 6.24. The second kappa shape index (κ2) is 7.66. The number of hydrogen-bond acceptors (Lipinski definition) is 3. The number of nitrogens with two attached hydrogens (primary N) is 1. The normalized spacial score (nSPS) is 11.4. The topological polar surface area (TPSA) is 48.1 Å². The standard InChI is InChI=1S/C19H13Cl2F3N2O/c20-15-2-1-3-16(21)14(15)10-27-17-8-12(9-26-18(17)25)11-4-6-13(7-5-11)19(22,23)24/h1-9H,10H2,(H2,25,26). The molecule has 0 aliphatic heterocycles. The van der Waals surface area contributed by atoms with E-state index in [1.807, 2.05) is 0 Å². The average molecular weight is 413 g/mol. The van der Waals surface area contributed by atoms with Gasteiger partial charge in [-0.05, 0) is 35.9 Å². The Balaban J connectivity index is 1.84. The monoisotopic (exact) mass is 412 g/mol. The summed E-state index contributed by atoms with van der Waals surface area (Å²) in [6.07, 6.45) is -2.92. The van der Waals surface area contributed by atoms with E-state index in [2.05, 4.69) is 4.98 Å². The minimum absolute atomic E-state index is 0.0703. The van der Waals surface area contributed by atoms with Crippen LogP contribution in [0.2, 0.25) is 10.0 Å². The molecule has 0 aliphatic carbocycles. The fourth-order valence-electron chi connectivity index (χ4n) is 2.40. The third-order valence-corrected chi connectivity index (χ3v) is 4.57. The van der Waals surface area contributed by atoms with E-state index < -0.39 is 11.7 Å². The number of halogens is 5. The van der Waals surface area contributed by atoms with Gasteiger partial charge in [0.05, 0.1) is 5.56 Å². The first-order valence-electron chi connectivity index (χ1n) is 7.74. The second-order valence-corrected chi connectivity index (χ2v) is 6.49. The van der Waals surface area contributed by atoms with Gasteiger partial charge in [0, 0.05) is 27.4 Å². The molecule has 3 nitrogen and oxygen atoms in total. The van der Waals surface area contributed by atoms with Gasteiger partial charge in [-0.15, -0.1) is 0 Å². The maximum atomic E-state index is 12.7. The molecule has 2 N–H and O–H groups in total. The number of hydrogen-bond donors (Lipinski definition) is 1. The van der Waals surface area contributed by atoms with E-state index in [9.17, 15) is 13.2 Å². The molecule has 0 unspecified atom stereocenters. The third-order valence-electron chi connectivity index (χ3n) is 3.86. The van der Waals surface area contributed by atoms with Crippen LogP contribution in [0.15, 0.2) is 54.7 Å². The van der Waals surface area contributed by atoms with Crippen molar-refractivity contribution in [1.29, 1.82) is 0 Å². The number of nitrogens with zero attached hydrogens (tertiary/aromatic N) is 1. The maximum absolute atomic E-state index is 12.7. The number of ether oxygens (including phenoxy) is 1. The summed E-state index contributed by atoms with van der Waals surface area (Å²) < 4.78 is 43.8. The first-order chi connectivity index (χ1) is 12.8. The number of rotatable bonds is 4. The van der Waals surface area contributed by atoms with Gasteiger partial charge < -0.3 is 10.5 Å². The van der Waals surface area contributed by atoms with Crippen molar-refractivity contribution in [3.63, 3.8) is 0 Å². The van der Waals surface area contributed by atoms with Crippen LogP contribution in [0.25, 0.3) is 11.1 Å². The highest BCUT2D eigenvalue weighted by Gasteiger charge is 2.30. The Kier molecular flexibility index (Phi) is 5.48. The van der Waals surface area contributed by atoms with E-state index in [1.54, 1.807) is 24.3 Å². The number of pyridine rings is 1. The molecule has 2 aromatic carbocycles. The lowest BCUT2D eigenvalue weighted by Crippen LogP contribution is -2.04. The van der Waals surface area contributed by atoms with E-state index in [0.717, 1.165) is 12.1 Å². The molecule has 8 heteroatoms. The van der Waals surface area contributed by atoms with Gasteiger partial charge in [0.2, 0.25) is 0 Å². The first kappa shape index (κ1) is 19.3. The van der Waals surface area contributed by atoms with Crippen molar-refractivity contribution in [3.8, 4) is 16.9 Å². The zero-order valence-electron chi connectivity index (χ0n) is 13.7. The smallest absolute Gasteiger partial charge is 0.416 e. The summed E-state index contributed by atoms with van der Waals surface area (Å²) in [4.78, 5) is 4.05. The summed E-state index contributed by atoms with van der Waals surface area (Å²) in [5, 5.41) is 0.904. The first-order valence-corrected chi connectivity index (χ1v) is 8.50. The van der Waals surface area contributed by atoms with Gasteiger partial charge >= 0.3 is 6.18 Å². The zero-order valence-corrected chi connectivity index (χ0v) is 15.2. The van der Waals surface area contributed by atoms with Crippen molar-refractivity contribution < 1.29 is 17.9 Å². The molecule has 3 rings (SSSR count). The van der Waals surface area contributed by atoms with Crippen molar-refractivity contribution in [1.82, 2.24) is 4.98 Å². The van der Waals surface area contributed by atoms with Crippen molar-refractivity contribution in [3.05, 3.63) is 75.9 Å². The second-order valence-electron chi connectivity index (χ2n) is 5.67. The molecule has 0 aliphatic rings. The SMILES string of the molecule is Nc1ncc(-c2ccc(C(F)(F)F)cc2)cc1OCc1c(Cl)cccc1Cl. The van der Waals surface area contributed by atoms with E-state index >= 15 is 0 Å². The Bertz CT molecular complexity index is 940. The molecule has 0 spiro atoms. The molecule has 0 atom stereocenters. The molecule has 3 aromatic rings. The van der Waals surface area contributed by atoms with Crippen LogP contribution in [-0.4, -0.2) is 4.98 Å². The Morgan fingerprint density at radius 1 is 0.963 bits per heavy atom. The maximum Gasteiger partial charge on any atom is 0.416 e. The lowest BCUT2D eigenvalue weighted by atomic mass is 10.1. The van der Waals surface area contributed by atoms with Gasteiger partial charge in [-0.1, -0.05) is 41.4 Å². The van der Waals surface area contributed by atoms with Gasteiger partial charge in [-0.25, -0.2) is 4.98 Å². The van der Waals surface area contributed by atoms with Crippen molar-refractivity contribution >= 4 is 29.0 Å². The molecule has 1 heterocycles. The van der Waals surface area contributed by atoms with Crippen LogP contribution in [0.3, 0.4) is 0 Å². The van der Waals surface area contributed by atoms with Crippen molar-refractivity contribution in [2.24, 2.45) is 0 Å².